The minimum absolute atomic E-state index is 0.136. The van der Waals surface area contributed by atoms with Gasteiger partial charge in [-0.1, -0.05) is 37.3 Å². The lowest BCUT2D eigenvalue weighted by atomic mass is 10.1. The van der Waals surface area contributed by atoms with Crippen LogP contribution in [0.1, 0.15) is 24.2 Å². The van der Waals surface area contributed by atoms with E-state index >= 15 is 0 Å². The number of amides is 1. The summed E-state index contributed by atoms with van der Waals surface area (Å²) < 4.78 is 17.2. The van der Waals surface area contributed by atoms with Gasteiger partial charge < -0.3 is 19.1 Å². The largest absolute Gasteiger partial charge is 0.496 e. The summed E-state index contributed by atoms with van der Waals surface area (Å²) in [5.41, 5.74) is 1.28. The van der Waals surface area contributed by atoms with Crippen LogP contribution >= 0.6 is 11.3 Å². The summed E-state index contributed by atoms with van der Waals surface area (Å²) in [5.74, 6) is 1.65. The van der Waals surface area contributed by atoms with Gasteiger partial charge in [-0.2, -0.15) is 0 Å². The van der Waals surface area contributed by atoms with Gasteiger partial charge in [-0.15, -0.1) is 0 Å². The van der Waals surface area contributed by atoms with E-state index in [1.54, 1.807) is 38.4 Å². The molecule has 0 bridgehead atoms. The number of hydrogen-bond acceptors (Lipinski definition) is 7. The first-order chi connectivity index (χ1) is 15.1. The quantitative estimate of drug-likeness (QED) is 0.465. The fraction of sp³-hybridized carbons (Fsp3) is 0.391. The molecule has 1 heterocycles. The zero-order chi connectivity index (χ0) is 22.4. The molecule has 3 rings (SSSR count). The molecular formula is C23H29N3O4S. The Labute approximate surface area is 187 Å². The van der Waals surface area contributed by atoms with Crippen LogP contribution in [0, 0.1) is 0 Å². The zero-order valence-electron chi connectivity index (χ0n) is 18.7. The number of likely N-dealkylation sites (N-methyl/N-ethyl adjacent to an activating group) is 1. The number of anilines is 1. The maximum Gasteiger partial charge on any atom is 0.263 e. The standard InChI is InChI=1S/C23H29N3O4S/c1-6-25(7-2)12-13-26(22(27)16-10-8-9-11-18(16)28-3)23-24-17-14-19(29-4)20(30-5)15-21(17)31-23/h8-11,14-15H,6-7,12-13H2,1-5H3. The molecule has 0 radical (unpaired) electrons. The normalized spacial score (nSPS) is 11.0. The Bertz CT molecular complexity index is 992. The van der Waals surface area contributed by atoms with Crippen molar-refractivity contribution in [3.63, 3.8) is 0 Å². The molecule has 0 saturated carbocycles. The number of rotatable bonds is 10. The summed E-state index contributed by atoms with van der Waals surface area (Å²) >= 11 is 1.46. The Kier molecular flexibility index (Phi) is 7.70. The molecule has 3 aromatic rings. The number of thiazole rings is 1. The van der Waals surface area contributed by atoms with Gasteiger partial charge in [0.05, 0.1) is 37.1 Å². The van der Waals surface area contributed by atoms with E-state index in [1.807, 2.05) is 24.3 Å². The third kappa shape index (κ3) is 4.91. The van der Waals surface area contributed by atoms with Gasteiger partial charge in [-0.25, -0.2) is 4.98 Å². The lowest BCUT2D eigenvalue weighted by Crippen LogP contribution is -2.39. The number of ether oxygens (including phenoxy) is 3. The number of methoxy groups -OCH3 is 3. The van der Waals surface area contributed by atoms with Gasteiger partial charge in [-0.05, 0) is 25.2 Å². The highest BCUT2D eigenvalue weighted by molar-refractivity contribution is 7.22. The summed E-state index contributed by atoms with van der Waals surface area (Å²) in [4.78, 5) is 22.4. The fourth-order valence-electron chi connectivity index (χ4n) is 3.39. The summed E-state index contributed by atoms with van der Waals surface area (Å²) in [6.45, 7) is 7.34. The van der Waals surface area contributed by atoms with Crippen LogP contribution in [-0.2, 0) is 0 Å². The van der Waals surface area contributed by atoms with Crippen molar-refractivity contribution in [2.45, 2.75) is 13.8 Å². The molecule has 1 aromatic heterocycles. The lowest BCUT2D eigenvalue weighted by Gasteiger charge is -2.25. The molecule has 0 atom stereocenters. The Morgan fingerprint density at radius 1 is 0.935 bits per heavy atom. The SMILES string of the molecule is CCN(CC)CCN(C(=O)c1ccccc1OC)c1nc2cc(OC)c(OC)cc2s1. The first kappa shape index (κ1) is 22.8. The molecule has 0 saturated heterocycles. The molecule has 7 nitrogen and oxygen atoms in total. The van der Waals surface area contributed by atoms with Gasteiger partial charge in [0.15, 0.2) is 16.6 Å². The summed E-state index contributed by atoms with van der Waals surface area (Å²) in [7, 11) is 4.77. The summed E-state index contributed by atoms with van der Waals surface area (Å²) in [5, 5.41) is 0.633. The second kappa shape index (κ2) is 10.5. The number of para-hydroxylation sites is 1. The zero-order valence-corrected chi connectivity index (χ0v) is 19.5. The van der Waals surface area contributed by atoms with Crippen molar-refractivity contribution in [2.75, 3.05) is 52.4 Å². The minimum atomic E-state index is -0.136. The van der Waals surface area contributed by atoms with Crippen molar-refractivity contribution < 1.29 is 19.0 Å². The number of nitrogens with zero attached hydrogens (tertiary/aromatic N) is 3. The molecule has 0 spiro atoms. The maximum atomic E-state index is 13.6. The first-order valence-corrected chi connectivity index (χ1v) is 11.1. The number of benzene rings is 2. The maximum absolute atomic E-state index is 13.6. The van der Waals surface area contributed by atoms with Crippen molar-refractivity contribution in [2.24, 2.45) is 0 Å². The lowest BCUT2D eigenvalue weighted by molar-refractivity contribution is 0.0981. The minimum Gasteiger partial charge on any atom is -0.496 e. The highest BCUT2D eigenvalue weighted by Gasteiger charge is 2.24. The molecule has 31 heavy (non-hydrogen) atoms. The smallest absolute Gasteiger partial charge is 0.263 e. The molecule has 166 valence electrons. The van der Waals surface area contributed by atoms with Gasteiger partial charge in [0.25, 0.3) is 5.91 Å². The van der Waals surface area contributed by atoms with Crippen molar-refractivity contribution in [1.82, 2.24) is 9.88 Å². The van der Waals surface area contributed by atoms with E-state index < -0.39 is 0 Å². The van der Waals surface area contributed by atoms with Crippen LogP contribution in [0.15, 0.2) is 36.4 Å². The molecule has 2 aromatic carbocycles. The Balaban J connectivity index is 2.04. The van der Waals surface area contributed by atoms with Gasteiger partial charge in [-0.3, -0.25) is 9.69 Å². The van der Waals surface area contributed by atoms with Crippen LogP contribution in [-0.4, -0.2) is 63.3 Å². The van der Waals surface area contributed by atoms with E-state index in [1.165, 1.54) is 11.3 Å². The van der Waals surface area contributed by atoms with Crippen molar-refractivity contribution in [1.29, 1.82) is 0 Å². The molecule has 0 aliphatic heterocycles. The molecule has 1 amide bonds. The van der Waals surface area contributed by atoms with E-state index in [0.717, 1.165) is 29.9 Å². The van der Waals surface area contributed by atoms with Crippen molar-refractivity contribution >= 4 is 32.6 Å². The van der Waals surface area contributed by atoms with Crippen molar-refractivity contribution in [3.05, 3.63) is 42.0 Å². The Morgan fingerprint density at radius 3 is 2.23 bits per heavy atom. The highest BCUT2D eigenvalue weighted by atomic mass is 32.1. The fourth-order valence-corrected chi connectivity index (χ4v) is 4.39. The number of carbonyl (C=O) groups is 1. The molecular weight excluding hydrogens is 414 g/mol. The van der Waals surface area contributed by atoms with Gasteiger partial charge >= 0.3 is 0 Å². The topological polar surface area (TPSA) is 64.1 Å². The molecule has 0 N–H and O–H groups in total. The van der Waals surface area contributed by atoms with Crippen LogP contribution in [0.3, 0.4) is 0 Å². The monoisotopic (exact) mass is 443 g/mol. The van der Waals surface area contributed by atoms with E-state index in [-0.39, 0.29) is 5.91 Å². The van der Waals surface area contributed by atoms with Crippen LogP contribution in [0.5, 0.6) is 17.2 Å². The summed E-state index contributed by atoms with van der Waals surface area (Å²) in [6, 6.07) is 11.0. The molecule has 0 unspecified atom stereocenters. The van der Waals surface area contributed by atoms with Crippen molar-refractivity contribution in [3.8, 4) is 17.2 Å². The molecule has 0 fully saturated rings. The Morgan fingerprint density at radius 2 is 1.58 bits per heavy atom. The van der Waals surface area contributed by atoms with E-state index in [0.29, 0.717) is 34.5 Å². The number of fused-ring (bicyclic) bond motifs is 1. The van der Waals surface area contributed by atoms with Gasteiger partial charge in [0.2, 0.25) is 0 Å². The third-order valence-corrected chi connectivity index (χ3v) is 6.27. The van der Waals surface area contributed by atoms with Crippen LogP contribution < -0.4 is 19.1 Å². The molecule has 0 aliphatic carbocycles. The number of aromatic nitrogens is 1. The number of hydrogen-bond donors (Lipinski definition) is 0. The highest BCUT2D eigenvalue weighted by Crippen LogP contribution is 2.38. The molecule has 8 heteroatoms. The average Bonchev–Trinajstić information content (AvgIpc) is 3.22. The average molecular weight is 444 g/mol. The van der Waals surface area contributed by atoms with Crippen LogP contribution in [0.25, 0.3) is 10.2 Å². The predicted octanol–water partition coefficient (Wildman–Crippen LogP) is 4.31. The Hall–Kier alpha value is -2.84. The second-order valence-corrected chi connectivity index (χ2v) is 7.86. The first-order valence-electron chi connectivity index (χ1n) is 10.3. The van der Waals surface area contributed by atoms with E-state index in [4.69, 9.17) is 19.2 Å². The van der Waals surface area contributed by atoms with Crippen LogP contribution in [0.4, 0.5) is 5.13 Å². The van der Waals surface area contributed by atoms with Gasteiger partial charge in [0, 0.05) is 25.2 Å². The van der Waals surface area contributed by atoms with Gasteiger partial charge in [0.1, 0.15) is 5.75 Å². The summed E-state index contributed by atoms with van der Waals surface area (Å²) in [6.07, 6.45) is 0. The number of carbonyl (C=O) groups excluding carboxylic acids is 1. The second-order valence-electron chi connectivity index (χ2n) is 6.86. The van der Waals surface area contributed by atoms with E-state index in [9.17, 15) is 4.79 Å². The third-order valence-electron chi connectivity index (χ3n) is 5.23. The molecule has 0 aliphatic rings. The van der Waals surface area contributed by atoms with E-state index in [2.05, 4.69) is 18.7 Å². The van der Waals surface area contributed by atoms with Crippen LogP contribution in [0.2, 0.25) is 0 Å². The predicted molar refractivity (Wildman–Crippen MR) is 125 cm³/mol.